The van der Waals surface area contributed by atoms with Gasteiger partial charge in [0, 0.05) is 31.7 Å². The molecule has 0 radical (unpaired) electrons. The number of piperazine rings is 1. The van der Waals surface area contributed by atoms with Crippen molar-refractivity contribution in [2.24, 2.45) is 0 Å². The van der Waals surface area contributed by atoms with Gasteiger partial charge in [-0.15, -0.1) is 0 Å². The minimum Gasteiger partial charge on any atom is -0.314 e. The Bertz CT molecular complexity index is 405. The molecule has 1 saturated heterocycles. The smallest absolute Gasteiger partial charge is 0.305 e. The summed E-state index contributed by atoms with van der Waals surface area (Å²) in [5, 5.41) is 17.0. The topological polar surface area (TPSA) is 67.2 Å². The Labute approximate surface area is 91.8 Å². The largest absolute Gasteiger partial charge is 0.314 e. The molecule has 6 heteroatoms. The van der Waals surface area contributed by atoms with E-state index in [4.69, 9.17) is 0 Å². The molecule has 1 fully saturated rings. The third-order valence-corrected chi connectivity index (χ3v) is 2.61. The van der Waals surface area contributed by atoms with Crippen LogP contribution in [0, 0.1) is 15.9 Å². The molecule has 2 N–H and O–H groups in total. The second-order valence-corrected chi connectivity index (χ2v) is 3.68. The highest BCUT2D eigenvalue weighted by atomic mass is 19.1. The average molecular weight is 225 g/mol. The Morgan fingerprint density at radius 3 is 2.88 bits per heavy atom. The number of hydrogen-bond acceptors (Lipinski definition) is 4. The Kier molecular flexibility index (Phi) is 3.12. The van der Waals surface area contributed by atoms with Gasteiger partial charge in [0.25, 0.3) is 0 Å². The molecule has 0 aliphatic carbocycles. The standard InChI is InChI=1S/C10H12FN3O2/c11-8-2-1-7(5-10(8)14(15)16)9-6-12-3-4-13-9/h1-2,5,9,12-13H,3-4,6H2/t9-/m0/s1. The molecule has 0 amide bonds. The Balaban J connectivity index is 2.27. The third kappa shape index (κ3) is 2.17. The minimum absolute atomic E-state index is 0.00745. The quantitative estimate of drug-likeness (QED) is 0.581. The summed E-state index contributed by atoms with van der Waals surface area (Å²) in [6, 6.07) is 4.02. The van der Waals surface area contributed by atoms with Crippen molar-refractivity contribution in [3.8, 4) is 0 Å². The molecule has 1 aromatic rings. The second kappa shape index (κ2) is 4.54. The molecule has 0 spiro atoms. The maximum absolute atomic E-state index is 13.1. The zero-order valence-corrected chi connectivity index (χ0v) is 8.57. The maximum Gasteiger partial charge on any atom is 0.305 e. The van der Waals surface area contributed by atoms with Gasteiger partial charge in [-0.1, -0.05) is 6.07 Å². The van der Waals surface area contributed by atoms with Crippen LogP contribution in [0.25, 0.3) is 0 Å². The van der Waals surface area contributed by atoms with Crippen LogP contribution in [0.4, 0.5) is 10.1 Å². The van der Waals surface area contributed by atoms with Crippen molar-refractivity contribution < 1.29 is 9.31 Å². The van der Waals surface area contributed by atoms with Gasteiger partial charge in [0.2, 0.25) is 5.82 Å². The summed E-state index contributed by atoms with van der Waals surface area (Å²) >= 11 is 0. The van der Waals surface area contributed by atoms with Crippen LogP contribution in [0.2, 0.25) is 0 Å². The highest BCUT2D eigenvalue weighted by molar-refractivity contribution is 5.37. The zero-order valence-electron chi connectivity index (χ0n) is 8.57. The lowest BCUT2D eigenvalue weighted by molar-refractivity contribution is -0.387. The molecule has 86 valence electrons. The Morgan fingerprint density at radius 2 is 2.25 bits per heavy atom. The van der Waals surface area contributed by atoms with E-state index in [9.17, 15) is 14.5 Å². The molecule has 1 aromatic carbocycles. The molecule has 16 heavy (non-hydrogen) atoms. The predicted octanol–water partition coefficient (Wildman–Crippen LogP) is 0.968. The van der Waals surface area contributed by atoms with Gasteiger partial charge in [-0.05, 0) is 11.6 Å². The van der Waals surface area contributed by atoms with Gasteiger partial charge in [-0.2, -0.15) is 4.39 Å². The fourth-order valence-corrected chi connectivity index (χ4v) is 1.78. The normalized spacial score (nSPS) is 20.7. The van der Waals surface area contributed by atoms with E-state index in [0.29, 0.717) is 6.54 Å². The summed E-state index contributed by atoms with van der Waals surface area (Å²) in [6.45, 7) is 2.37. The Hall–Kier alpha value is -1.53. The number of hydrogen-bond donors (Lipinski definition) is 2. The van der Waals surface area contributed by atoms with Crippen LogP contribution in [0.15, 0.2) is 18.2 Å². The van der Waals surface area contributed by atoms with Crippen LogP contribution in [0.5, 0.6) is 0 Å². The van der Waals surface area contributed by atoms with Crippen molar-refractivity contribution in [1.29, 1.82) is 0 Å². The van der Waals surface area contributed by atoms with Crippen LogP contribution in [-0.2, 0) is 0 Å². The number of benzene rings is 1. The van der Waals surface area contributed by atoms with E-state index in [1.807, 2.05) is 0 Å². The first kappa shape index (κ1) is 11.0. The van der Waals surface area contributed by atoms with E-state index in [1.165, 1.54) is 6.07 Å². The fourth-order valence-electron chi connectivity index (χ4n) is 1.78. The first-order valence-corrected chi connectivity index (χ1v) is 5.06. The van der Waals surface area contributed by atoms with Crippen LogP contribution in [-0.4, -0.2) is 24.6 Å². The first-order chi connectivity index (χ1) is 7.68. The lowest BCUT2D eigenvalue weighted by atomic mass is 10.0. The molecule has 1 aliphatic rings. The van der Waals surface area contributed by atoms with Crippen LogP contribution < -0.4 is 10.6 Å². The van der Waals surface area contributed by atoms with Crippen LogP contribution in [0.1, 0.15) is 11.6 Å². The lowest BCUT2D eigenvalue weighted by Gasteiger charge is -2.24. The molecule has 0 aromatic heterocycles. The van der Waals surface area contributed by atoms with Crippen molar-refractivity contribution in [3.05, 3.63) is 39.7 Å². The molecule has 1 atom stereocenters. The van der Waals surface area contributed by atoms with Gasteiger partial charge >= 0.3 is 5.69 Å². The van der Waals surface area contributed by atoms with Crippen LogP contribution >= 0.6 is 0 Å². The van der Waals surface area contributed by atoms with Crippen molar-refractivity contribution in [3.63, 3.8) is 0 Å². The Morgan fingerprint density at radius 1 is 1.44 bits per heavy atom. The molecule has 1 heterocycles. The van der Waals surface area contributed by atoms with Crippen molar-refractivity contribution >= 4 is 5.69 Å². The number of rotatable bonds is 2. The molecule has 0 bridgehead atoms. The zero-order chi connectivity index (χ0) is 11.5. The summed E-state index contributed by atoms with van der Waals surface area (Å²) in [6.07, 6.45) is 0. The molecule has 2 rings (SSSR count). The van der Waals surface area contributed by atoms with E-state index in [2.05, 4.69) is 10.6 Å². The van der Waals surface area contributed by atoms with Crippen molar-refractivity contribution in [1.82, 2.24) is 10.6 Å². The van der Waals surface area contributed by atoms with Gasteiger partial charge in [-0.3, -0.25) is 10.1 Å². The third-order valence-electron chi connectivity index (χ3n) is 2.61. The molecule has 1 aliphatic heterocycles. The van der Waals surface area contributed by atoms with E-state index in [1.54, 1.807) is 6.07 Å². The second-order valence-electron chi connectivity index (χ2n) is 3.68. The SMILES string of the molecule is O=[N+]([O-])c1cc([C@@H]2CNCCN2)ccc1F. The summed E-state index contributed by atoms with van der Waals surface area (Å²) in [7, 11) is 0. The number of nitro groups is 1. The summed E-state index contributed by atoms with van der Waals surface area (Å²) in [4.78, 5) is 9.89. The highest BCUT2D eigenvalue weighted by Gasteiger charge is 2.20. The molecule has 0 unspecified atom stereocenters. The van der Waals surface area contributed by atoms with Gasteiger partial charge in [0.15, 0.2) is 0 Å². The summed E-state index contributed by atoms with van der Waals surface area (Å²) < 4.78 is 13.1. The number of halogens is 1. The van der Waals surface area contributed by atoms with Gasteiger partial charge < -0.3 is 10.6 Å². The molecular formula is C10H12FN3O2. The van der Waals surface area contributed by atoms with E-state index in [0.717, 1.165) is 24.7 Å². The monoisotopic (exact) mass is 225 g/mol. The number of nitrogens with zero attached hydrogens (tertiary/aromatic N) is 1. The maximum atomic E-state index is 13.1. The van der Waals surface area contributed by atoms with Crippen molar-refractivity contribution in [2.75, 3.05) is 19.6 Å². The number of nitrogens with one attached hydrogen (secondary N) is 2. The predicted molar refractivity (Wildman–Crippen MR) is 56.7 cm³/mol. The molecule has 5 nitrogen and oxygen atoms in total. The molecule has 0 saturated carbocycles. The van der Waals surface area contributed by atoms with E-state index >= 15 is 0 Å². The lowest BCUT2D eigenvalue weighted by Crippen LogP contribution is -2.42. The van der Waals surface area contributed by atoms with Crippen molar-refractivity contribution in [2.45, 2.75) is 6.04 Å². The van der Waals surface area contributed by atoms with Gasteiger partial charge in [-0.25, -0.2) is 0 Å². The highest BCUT2D eigenvalue weighted by Crippen LogP contribution is 2.22. The van der Waals surface area contributed by atoms with Crippen LogP contribution in [0.3, 0.4) is 0 Å². The molecular weight excluding hydrogens is 213 g/mol. The average Bonchev–Trinajstić information content (AvgIpc) is 2.30. The van der Waals surface area contributed by atoms with E-state index in [-0.39, 0.29) is 6.04 Å². The first-order valence-electron chi connectivity index (χ1n) is 5.06. The van der Waals surface area contributed by atoms with E-state index < -0.39 is 16.4 Å². The van der Waals surface area contributed by atoms with Gasteiger partial charge in [0.05, 0.1) is 4.92 Å². The van der Waals surface area contributed by atoms with Gasteiger partial charge in [0.1, 0.15) is 0 Å². The summed E-state index contributed by atoms with van der Waals surface area (Å²) in [5.74, 6) is -0.794. The summed E-state index contributed by atoms with van der Waals surface area (Å²) in [5.41, 5.74) is 0.269. The fraction of sp³-hybridized carbons (Fsp3) is 0.400. The number of nitro benzene ring substituents is 1. The minimum atomic E-state index is -0.794.